The van der Waals surface area contributed by atoms with Gasteiger partial charge in [0.05, 0.1) is 11.1 Å². The maximum atomic E-state index is 13.0. The molecule has 0 aliphatic carbocycles. The highest BCUT2D eigenvalue weighted by Crippen LogP contribution is 2.34. The minimum atomic E-state index is -4.74. The van der Waals surface area contributed by atoms with Gasteiger partial charge in [0.15, 0.2) is 0 Å². The first-order valence-electron chi connectivity index (χ1n) is 6.00. The van der Waals surface area contributed by atoms with Crippen LogP contribution in [0.3, 0.4) is 0 Å². The maximum Gasteiger partial charge on any atom is 0.419 e. The van der Waals surface area contributed by atoms with Crippen LogP contribution >= 0.6 is 11.6 Å². The zero-order valence-corrected chi connectivity index (χ0v) is 11.3. The van der Waals surface area contributed by atoms with Crippen LogP contribution in [-0.4, -0.2) is 34.8 Å². The zero-order valence-electron chi connectivity index (χ0n) is 10.6. The van der Waals surface area contributed by atoms with E-state index in [4.69, 9.17) is 11.6 Å². The Morgan fingerprint density at radius 3 is 2.38 bits per heavy atom. The number of alkyl halides is 5. The molecule has 0 N–H and O–H groups in total. The second kappa shape index (κ2) is 5.40. The molecule has 1 aromatic rings. The Balaban J connectivity index is 2.21. The van der Waals surface area contributed by atoms with E-state index in [2.05, 4.69) is 4.98 Å². The fourth-order valence-electron chi connectivity index (χ4n) is 1.98. The summed E-state index contributed by atoms with van der Waals surface area (Å²) in [5.41, 5.74) is -1.55. The van der Waals surface area contributed by atoms with Gasteiger partial charge in [-0.1, -0.05) is 11.6 Å². The Morgan fingerprint density at radius 2 is 1.86 bits per heavy atom. The summed E-state index contributed by atoms with van der Waals surface area (Å²) in [5, 5.41) is -0.760. The standard InChI is InChI=1S/C12H10ClF5N2O/c13-9-8(12(16,17)18)5-7(6-19-9)10(21)20-3-1-11(14,15)2-4-20/h5-6H,1-4H2. The number of halogens is 6. The second-order valence-electron chi connectivity index (χ2n) is 4.71. The Morgan fingerprint density at radius 1 is 1.29 bits per heavy atom. The molecular formula is C12H10ClF5N2O. The van der Waals surface area contributed by atoms with E-state index in [0.717, 1.165) is 11.1 Å². The van der Waals surface area contributed by atoms with Crippen LogP contribution in [0.1, 0.15) is 28.8 Å². The lowest BCUT2D eigenvalue weighted by Gasteiger charge is -2.31. The van der Waals surface area contributed by atoms with Crippen LogP contribution in [0.25, 0.3) is 0 Å². The second-order valence-corrected chi connectivity index (χ2v) is 5.07. The lowest BCUT2D eigenvalue weighted by Crippen LogP contribution is -2.42. The summed E-state index contributed by atoms with van der Waals surface area (Å²) >= 11 is 5.35. The molecule has 0 unspecified atom stereocenters. The third-order valence-electron chi connectivity index (χ3n) is 3.17. The fraction of sp³-hybridized carbons (Fsp3) is 0.500. The molecule has 0 aromatic carbocycles. The monoisotopic (exact) mass is 328 g/mol. The number of carbonyl (C=O) groups excluding carboxylic acids is 1. The van der Waals surface area contributed by atoms with E-state index >= 15 is 0 Å². The van der Waals surface area contributed by atoms with Gasteiger partial charge in [0, 0.05) is 32.1 Å². The molecule has 1 amide bonds. The Labute approximate surface area is 121 Å². The molecule has 1 aromatic heterocycles. The van der Waals surface area contributed by atoms with E-state index in [1.807, 2.05) is 0 Å². The van der Waals surface area contributed by atoms with Crippen LogP contribution in [-0.2, 0) is 6.18 Å². The number of hydrogen-bond acceptors (Lipinski definition) is 2. The molecule has 0 saturated carbocycles. The SMILES string of the molecule is O=C(c1cnc(Cl)c(C(F)(F)F)c1)N1CCC(F)(F)CC1. The van der Waals surface area contributed by atoms with Gasteiger partial charge in [-0.15, -0.1) is 0 Å². The van der Waals surface area contributed by atoms with Gasteiger partial charge >= 0.3 is 6.18 Å². The molecule has 0 bridgehead atoms. The van der Waals surface area contributed by atoms with Crippen molar-refractivity contribution < 1.29 is 26.7 Å². The number of carbonyl (C=O) groups is 1. The summed E-state index contributed by atoms with van der Waals surface area (Å²) in [6.45, 7) is -0.425. The average molecular weight is 329 g/mol. The molecule has 0 radical (unpaired) electrons. The normalized spacial score (nSPS) is 18.7. The third-order valence-corrected chi connectivity index (χ3v) is 3.47. The molecule has 9 heteroatoms. The van der Waals surface area contributed by atoms with Crippen molar-refractivity contribution in [3.63, 3.8) is 0 Å². The number of rotatable bonds is 1. The lowest BCUT2D eigenvalue weighted by atomic mass is 10.1. The predicted octanol–water partition coefficient (Wildman–Crippen LogP) is 3.63. The van der Waals surface area contributed by atoms with Gasteiger partial charge in [0.1, 0.15) is 5.15 Å². The van der Waals surface area contributed by atoms with Crippen LogP contribution in [0.4, 0.5) is 22.0 Å². The van der Waals surface area contributed by atoms with E-state index in [-0.39, 0.29) is 18.7 Å². The molecule has 1 fully saturated rings. The van der Waals surface area contributed by atoms with Gasteiger partial charge in [-0.25, -0.2) is 13.8 Å². The molecule has 3 nitrogen and oxygen atoms in total. The van der Waals surface area contributed by atoms with E-state index in [1.54, 1.807) is 0 Å². The molecule has 1 aliphatic rings. The fourth-order valence-corrected chi connectivity index (χ4v) is 2.19. The van der Waals surface area contributed by atoms with Crippen molar-refractivity contribution in [3.05, 3.63) is 28.5 Å². The topological polar surface area (TPSA) is 33.2 Å². The Kier molecular flexibility index (Phi) is 4.10. The summed E-state index contributed by atoms with van der Waals surface area (Å²) in [5.74, 6) is -3.60. The lowest BCUT2D eigenvalue weighted by molar-refractivity contribution is -0.137. The van der Waals surface area contributed by atoms with Crippen molar-refractivity contribution in [2.45, 2.75) is 24.9 Å². The third kappa shape index (κ3) is 3.61. The van der Waals surface area contributed by atoms with Crippen molar-refractivity contribution >= 4 is 17.5 Å². The molecule has 1 saturated heterocycles. The number of pyridine rings is 1. The maximum absolute atomic E-state index is 13.0. The molecule has 116 valence electrons. The predicted molar refractivity (Wildman–Crippen MR) is 64.3 cm³/mol. The van der Waals surface area contributed by atoms with Crippen molar-refractivity contribution in [3.8, 4) is 0 Å². The van der Waals surface area contributed by atoms with Crippen LogP contribution in [0.15, 0.2) is 12.3 Å². The molecule has 21 heavy (non-hydrogen) atoms. The van der Waals surface area contributed by atoms with E-state index < -0.39 is 41.6 Å². The van der Waals surface area contributed by atoms with Gasteiger partial charge in [-0.3, -0.25) is 4.79 Å². The van der Waals surface area contributed by atoms with Gasteiger partial charge in [0.25, 0.3) is 11.8 Å². The molecule has 2 rings (SSSR count). The van der Waals surface area contributed by atoms with Crippen LogP contribution in [0, 0.1) is 0 Å². The van der Waals surface area contributed by atoms with Crippen molar-refractivity contribution in [1.29, 1.82) is 0 Å². The van der Waals surface area contributed by atoms with E-state index in [9.17, 15) is 26.7 Å². The number of hydrogen-bond donors (Lipinski definition) is 0. The average Bonchev–Trinajstić information content (AvgIpc) is 2.37. The summed E-state index contributed by atoms with van der Waals surface area (Å²) < 4.78 is 64.1. The minimum Gasteiger partial charge on any atom is -0.338 e. The first kappa shape index (κ1) is 15.9. The summed E-state index contributed by atoms with van der Waals surface area (Å²) in [4.78, 5) is 16.5. The van der Waals surface area contributed by atoms with Gasteiger partial charge < -0.3 is 4.90 Å². The van der Waals surface area contributed by atoms with Crippen LogP contribution in [0.5, 0.6) is 0 Å². The Bertz CT molecular complexity index is 551. The quantitative estimate of drug-likeness (QED) is 0.582. The molecule has 0 atom stereocenters. The van der Waals surface area contributed by atoms with Crippen molar-refractivity contribution in [1.82, 2.24) is 9.88 Å². The summed E-state index contributed by atoms with van der Waals surface area (Å²) in [6, 6.07) is 0.588. The van der Waals surface area contributed by atoms with Gasteiger partial charge in [-0.05, 0) is 6.07 Å². The first-order chi connectivity index (χ1) is 9.60. The number of amides is 1. The van der Waals surface area contributed by atoms with Crippen molar-refractivity contribution in [2.24, 2.45) is 0 Å². The number of aromatic nitrogens is 1. The minimum absolute atomic E-state index is 0.212. The van der Waals surface area contributed by atoms with Crippen LogP contribution in [0.2, 0.25) is 5.15 Å². The van der Waals surface area contributed by atoms with E-state index in [1.165, 1.54) is 0 Å². The number of nitrogens with zero attached hydrogens (tertiary/aromatic N) is 2. The first-order valence-corrected chi connectivity index (χ1v) is 6.38. The number of piperidine rings is 1. The van der Waals surface area contributed by atoms with Gasteiger partial charge in [-0.2, -0.15) is 13.2 Å². The number of likely N-dealkylation sites (tertiary alicyclic amines) is 1. The molecular weight excluding hydrogens is 319 g/mol. The highest BCUT2D eigenvalue weighted by Gasteiger charge is 2.37. The van der Waals surface area contributed by atoms with E-state index in [0.29, 0.717) is 6.07 Å². The smallest absolute Gasteiger partial charge is 0.338 e. The van der Waals surface area contributed by atoms with Crippen LogP contribution < -0.4 is 0 Å². The van der Waals surface area contributed by atoms with Crippen molar-refractivity contribution in [2.75, 3.05) is 13.1 Å². The molecule has 1 aliphatic heterocycles. The summed E-state index contributed by atoms with van der Waals surface area (Å²) in [7, 11) is 0. The summed E-state index contributed by atoms with van der Waals surface area (Å²) in [6.07, 6.45) is -4.85. The highest BCUT2D eigenvalue weighted by atomic mass is 35.5. The zero-order chi connectivity index (χ0) is 15.8. The van der Waals surface area contributed by atoms with Gasteiger partial charge in [0.2, 0.25) is 0 Å². The molecule has 2 heterocycles. The Hall–Kier alpha value is -1.44. The largest absolute Gasteiger partial charge is 0.419 e. The highest BCUT2D eigenvalue weighted by molar-refractivity contribution is 6.30. The molecule has 0 spiro atoms.